The van der Waals surface area contributed by atoms with Gasteiger partial charge >= 0.3 is 8.80 Å². The van der Waals surface area contributed by atoms with Crippen molar-refractivity contribution in [1.29, 1.82) is 0 Å². The lowest BCUT2D eigenvalue weighted by Gasteiger charge is -2.20. The molecule has 0 aliphatic heterocycles. The molecule has 0 heterocycles. The van der Waals surface area contributed by atoms with Crippen LogP contribution in [0.3, 0.4) is 0 Å². The Kier molecular flexibility index (Phi) is 7.97. The van der Waals surface area contributed by atoms with Crippen LogP contribution in [0.4, 0.5) is 0 Å². The molecule has 0 N–H and O–H groups in total. The molecular formula is C13H28O3Si2. The summed E-state index contributed by atoms with van der Waals surface area (Å²) in [5.74, 6) is 0.369. The molecule has 0 aliphatic rings. The Labute approximate surface area is 114 Å². The van der Waals surface area contributed by atoms with E-state index in [1.807, 2.05) is 5.70 Å². The van der Waals surface area contributed by atoms with Crippen LogP contribution in [0, 0.1) is 5.92 Å². The molecule has 0 radical (unpaired) electrons. The van der Waals surface area contributed by atoms with Gasteiger partial charge in [0.25, 0.3) is 0 Å². The zero-order chi connectivity index (χ0) is 14.2. The molecule has 106 valence electrons. The van der Waals surface area contributed by atoms with E-state index >= 15 is 0 Å². The molecule has 0 amide bonds. The third kappa shape index (κ3) is 7.28. The lowest BCUT2D eigenvalue weighted by Crippen LogP contribution is -2.41. The van der Waals surface area contributed by atoms with Crippen LogP contribution in [0.2, 0.25) is 25.7 Å². The average Bonchev–Trinajstić information content (AvgIpc) is 2.30. The third-order valence-electron chi connectivity index (χ3n) is 2.63. The summed E-state index contributed by atoms with van der Waals surface area (Å²) >= 11 is 0. The molecule has 1 unspecified atom stereocenters. The van der Waals surface area contributed by atoms with Crippen LogP contribution in [0.1, 0.15) is 6.92 Å². The van der Waals surface area contributed by atoms with Gasteiger partial charge < -0.3 is 13.3 Å². The summed E-state index contributed by atoms with van der Waals surface area (Å²) in [5, 5.41) is 0. The first-order valence-corrected chi connectivity index (χ1v) is 11.8. The van der Waals surface area contributed by atoms with Gasteiger partial charge in [-0.25, -0.2) is 0 Å². The summed E-state index contributed by atoms with van der Waals surface area (Å²) in [7, 11) is 1.32. The van der Waals surface area contributed by atoms with E-state index in [0.29, 0.717) is 5.92 Å². The van der Waals surface area contributed by atoms with E-state index in [1.54, 1.807) is 21.3 Å². The minimum Gasteiger partial charge on any atom is -0.374 e. The number of hydrogen-bond donors (Lipinski definition) is 0. The Bertz CT molecular complexity index is 270. The maximum absolute atomic E-state index is 5.34. The van der Waals surface area contributed by atoms with Gasteiger partial charge in [-0.3, -0.25) is 0 Å². The second kappa shape index (κ2) is 8.06. The van der Waals surface area contributed by atoms with Crippen molar-refractivity contribution in [2.24, 2.45) is 5.92 Å². The summed E-state index contributed by atoms with van der Waals surface area (Å²) in [5.41, 5.74) is 1.94. The lowest BCUT2D eigenvalue weighted by molar-refractivity contribution is 0.138. The van der Waals surface area contributed by atoms with Crippen molar-refractivity contribution >= 4 is 16.9 Å². The quantitative estimate of drug-likeness (QED) is 0.505. The fourth-order valence-corrected chi connectivity index (χ4v) is 3.71. The Morgan fingerprint density at radius 2 is 1.44 bits per heavy atom. The van der Waals surface area contributed by atoms with Gasteiger partial charge in [0.05, 0.1) is 0 Å². The van der Waals surface area contributed by atoms with Gasteiger partial charge in [0.15, 0.2) is 0 Å². The molecule has 0 aromatic heterocycles. The normalized spacial score (nSPS) is 15.7. The molecule has 0 saturated heterocycles. The van der Waals surface area contributed by atoms with Crippen LogP contribution >= 0.6 is 0 Å². The van der Waals surface area contributed by atoms with E-state index in [-0.39, 0.29) is 0 Å². The van der Waals surface area contributed by atoms with E-state index in [4.69, 9.17) is 13.3 Å². The molecule has 0 fully saturated rings. The van der Waals surface area contributed by atoms with Gasteiger partial charge in [-0.05, 0) is 17.7 Å². The van der Waals surface area contributed by atoms with Gasteiger partial charge in [0, 0.05) is 29.4 Å². The predicted molar refractivity (Wildman–Crippen MR) is 82.4 cm³/mol. The zero-order valence-corrected chi connectivity index (χ0v) is 14.8. The van der Waals surface area contributed by atoms with Crippen LogP contribution < -0.4 is 0 Å². The van der Waals surface area contributed by atoms with E-state index in [0.717, 1.165) is 0 Å². The fraction of sp³-hybridized carbons (Fsp3) is 0.692. The van der Waals surface area contributed by atoms with E-state index in [2.05, 4.69) is 44.8 Å². The molecule has 0 spiro atoms. The van der Waals surface area contributed by atoms with Gasteiger partial charge in [-0.2, -0.15) is 0 Å². The average molecular weight is 289 g/mol. The van der Waals surface area contributed by atoms with Crippen molar-refractivity contribution in [2.75, 3.05) is 21.3 Å². The SMILES string of the molecule is CO[Si](/C=C/C(C)/C=C\C[Si](C)(C)C)(OC)OC. The summed E-state index contributed by atoms with van der Waals surface area (Å²) < 4.78 is 16.0. The molecule has 1 atom stereocenters. The highest BCUT2D eigenvalue weighted by atomic mass is 28.4. The van der Waals surface area contributed by atoms with E-state index in [9.17, 15) is 0 Å². The molecule has 0 saturated carbocycles. The highest BCUT2D eigenvalue weighted by molar-refractivity contribution is 6.76. The van der Waals surface area contributed by atoms with Crippen molar-refractivity contribution in [2.45, 2.75) is 32.6 Å². The van der Waals surface area contributed by atoms with Crippen molar-refractivity contribution < 1.29 is 13.3 Å². The summed E-state index contributed by atoms with van der Waals surface area (Å²) in [6.45, 7) is 9.26. The van der Waals surface area contributed by atoms with Crippen LogP contribution in [-0.4, -0.2) is 38.2 Å². The third-order valence-corrected chi connectivity index (χ3v) is 6.40. The second-order valence-corrected chi connectivity index (χ2v) is 13.9. The summed E-state index contributed by atoms with van der Waals surface area (Å²) in [4.78, 5) is 0. The van der Waals surface area contributed by atoms with Crippen LogP contribution in [0.5, 0.6) is 0 Å². The van der Waals surface area contributed by atoms with Crippen molar-refractivity contribution in [3.05, 3.63) is 23.9 Å². The van der Waals surface area contributed by atoms with Crippen LogP contribution in [-0.2, 0) is 13.3 Å². The molecule has 0 bridgehead atoms. The molecule has 18 heavy (non-hydrogen) atoms. The summed E-state index contributed by atoms with van der Waals surface area (Å²) in [6, 6.07) is 1.21. The standard InChI is InChI=1S/C13H28O3Si2/c1-13(9-8-11-17(5,6)7)10-12-18(14-2,15-3)16-4/h8-10,12-13H,11H2,1-7H3/b9-8-,12-10+. The minimum absolute atomic E-state index is 0.369. The highest BCUT2D eigenvalue weighted by Crippen LogP contribution is 2.13. The summed E-state index contributed by atoms with van der Waals surface area (Å²) in [6.07, 6.45) is 6.61. The van der Waals surface area contributed by atoms with E-state index < -0.39 is 16.9 Å². The predicted octanol–water partition coefficient (Wildman–Crippen LogP) is 3.49. The molecule has 0 aromatic rings. The number of hydrogen-bond acceptors (Lipinski definition) is 3. The molecule has 5 heteroatoms. The minimum atomic E-state index is -2.56. The first-order chi connectivity index (χ1) is 8.28. The molecule has 3 nitrogen and oxygen atoms in total. The van der Waals surface area contributed by atoms with Gasteiger partial charge in [0.1, 0.15) is 0 Å². The van der Waals surface area contributed by atoms with Crippen LogP contribution in [0.25, 0.3) is 0 Å². The maximum atomic E-state index is 5.34. The largest absolute Gasteiger partial charge is 0.528 e. The second-order valence-electron chi connectivity index (χ2n) is 5.63. The Hall–Kier alpha value is -0.206. The van der Waals surface area contributed by atoms with Crippen molar-refractivity contribution in [1.82, 2.24) is 0 Å². The Morgan fingerprint density at radius 3 is 1.83 bits per heavy atom. The van der Waals surface area contributed by atoms with Crippen molar-refractivity contribution in [3.8, 4) is 0 Å². The van der Waals surface area contributed by atoms with E-state index in [1.165, 1.54) is 6.04 Å². The molecule has 0 aliphatic carbocycles. The lowest BCUT2D eigenvalue weighted by atomic mass is 10.2. The number of allylic oxidation sites excluding steroid dienone is 3. The Morgan fingerprint density at radius 1 is 0.944 bits per heavy atom. The fourth-order valence-electron chi connectivity index (χ4n) is 1.42. The molecule has 0 rings (SSSR count). The Balaban J connectivity index is 4.42. The first-order valence-electron chi connectivity index (χ1n) is 6.30. The smallest absolute Gasteiger partial charge is 0.374 e. The first kappa shape index (κ1) is 17.8. The zero-order valence-electron chi connectivity index (χ0n) is 12.8. The van der Waals surface area contributed by atoms with Gasteiger partial charge in [0.2, 0.25) is 0 Å². The van der Waals surface area contributed by atoms with Gasteiger partial charge in [-0.1, -0.05) is 44.8 Å². The molecule has 0 aromatic carbocycles. The molecular weight excluding hydrogens is 260 g/mol. The monoisotopic (exact) mass is 288 g/mol. The van der Waals surface area contributed by atoms with Gasteiger partial charge in [-0.15, -0.1) is 0 Å². The van der Waals surface area contributed by atoms with Crippen molar-refractivity contribution in [3.63, 3.8) is 0 Å². The highest BCUT2D eigenvalue weighted by Gasteiger charge is 2.34. The topological polar surface area (TPSA) is 27.7 Å². The maximum Gasteiger partial charge on any atom is 0.528 e. The van der Waals surface area contributed by atoms with Crippen LogP contribution in [0.15, 0.2) is 23.9 Å². The number of rotatable bonds is 8.